The molecule has 6 nitrogen and oxygen atoms in total. The number of halogens is 1. The van der Waals surface area contributed by atoms with Gasteiger partial charge in [-0.25, -0.2) is 14.4 Å². The quantitative estimate of drug-likeness (QED) is 0.874. The fourth-order valence-corrected chi connectivity index (χ4v) is 3.94. The van der Waals surface area contributed by atoms with Gasteiger partial charge in [-0.2, -0.15) is 0 Å². The largest absolute Gasteiger partial charge is 0.351 e. The number of nitrogens with zero attached hydrogens (tertiary/aromatic N) is 4. The second-order valence-corrected chi connectivity index (χ2v) is 6.38. The fraction of sp³-hybridized carbons (Fsp3) is 0.471. The molecule has 0 radical (unpaired) electrons. The van der Waals surface area contributed by atoms with E-state index in [4.69, 9.17) is 0 Å². The van der Waals surface area contributed by atoms with Gasteiger partial charge in [-0.15, -0.1) is 0 Å². The van der Waals surface area contributed by atoms with E-state index >= 15 is 0 Å². The second kappa shape index (κ2) is 6.22. The van der Waals surface area contributed by atoms with Crippen LogP contribution in [-0.4, -0.2) is 58.1 Å². The van der Waals surface area contributed by atoms with Crippen LogP contribution in [0.5, 0.6) is 0 Å². The third-order valence-electron chi connectivity index (χ3n) is 5.13. The Kier molecular flexibility index (Phi) is 3.92. The summed E-state index contributed by atoms with van der Waals surface area (Å²) in [5.41, 5.74) is 0.832. The van der Waals surface area contributed by atoms with Crippen molar-refractivity contribution in [3.05, 3.63) is 30.7 Å². The monoisotopic (exact) mass is 329 g/mol. The van der Waals surface area contributed by atoms with E-state index in [2.05, 4.69) is 19.9 Å². The first kappa shape index (κ1) is 15.1. The highest BCUT2D eigenvalue weighted by molar-refractivity contribution is 5.89. The summed E-state index contributed by atoms with van der Waals surface area (Å²) >= 11 is 0. The van der Waals surface area contributed by atoms with Gasteiger partial charge in [0, 0.05) is 31.9 Å². The number of hydrogen-bond donors (Lipinski definition) is 1. The summed E-state index contributed by atoms with van der Waals surface area (Å²) in [5, 5.41) is 1.01. The Morgan fingerprint density at radius 3 is 3.12 bits per heavy atom. The number of piperidine rings is 1. The minimum Gasteiger partial charge on any atom is -0.351 e. The number of carbonyl (C=O) groups excluding carboxylic acids is 1. The highest BCUT2D eigenvalue weighted by Crippen LogP contribution is 2.36. The molecule has 2 atom stereocenters. The van der Waals surface area contributed by atoms with Gasteiger partial charge < -0.3 is 14.8 Å². The van der Waals surface area contributed by atoms with Crippen LogP contribution in [-0.2, 0) is 4.79 Å². The van der Waals surface area contributed by atoms with E-state index in [-0.39, 0.29) is 11.9 Å². The van der Waals surface area contributed by atoms with Crippen LogP contribution < -0.4 is 4.90 Å². The molecule has 0 aromatic carbocycles. The van der Waals surface area contributed by atoms with E-state index in [9.17, 15) is 9.18 Å². The van der Waals surface area contributed by atoms with Gasteiger partial charge in [0.15, 0.2) is 0 Å². The van der Waals surface area contributed by atoms with Crippen molar-refractivity contribution in [2.75, 3.05) is 31.2 Å². The van der Waals surface area contributed by atoms with Crippen molar-refractivity contribution in [1.82, 2.24) is 19.9 Å². The summed E-state index contributed by atoms with van der Waals surface area (Å²) in [6, 6.07) is 2.25. The summed E-state index contributed by atoms with van der Waals surface area (Å²) in [6.45, 7) is 1.74. The SMILES string of the molecule is O=C(C=CCF)N1CC[C@@H]2CCN(c3ncnc4[nH]ccc34)[C@@H]2C1. The maximum absolute atomic E-state index is 12.3. The molecule has 24 heavy (non-hydrogen) atoms. The maximum atomic E-state index is 12.3. The van der Waals surface area contributed by atoms with Crippen LogP contribution >= 0.6 is 0 Å². The molecule has 2 aliphatic heterocycles. The third kappa shape index (κ3) is 2.53. The molecule has 0 aliphatic carbocycles. The molecule has 1 amide bonds. The molecule has 2 aromatic heterocycles. The van der Waals surface area contributed by atoms with Gasteiger partial charge in [0.1, 0.15) is 24.5 Å². The van der Waals surface area contributed by atoms with Gasteiger partial charge in [-0.05, 0) is 30.9 Å². The van der Waals surface area contributed by atoms with E-state index in [0.29, 0.717) is 12.5 Å². The zero-order valence-corrected chi connectivity index (χ0v) is 13.4. The van der Waals surface area contributed by atoms with Crippen LogP contribution in [0.1, 0.15) is 12.8 Å². The predicted molar refractivity (Wildman–Crippen MR) is 89.4 cm³/mol. The van der Waals surface area contributed by atoms with Crippen LogP contribution in [0.2, 0.25) is 0 Å². The minimum atomic E-state index is -0.607. The standard InChI is InChI=1S/C17H20FN5O/c18-6-1-2-15(24)22-8-4-12-5-9-23(14(12)10-22)17-13-3-7-19-16(13)20-11-21-17/h1-3,7,11-12,14H,4-6,8-10H2,(H,19,20,21)/t12-,14-/m1/s1. The zero-order chi connectivity index (χ0) is 16.5. The molecule has 0 unspecified atom stereocenters. The lowest BCUT2D eigenvalue weighted by Gasteiger charge is -2.38. The van der Waals surface area contributed by atoms with Gasteiger partial charge in [0.25, 0.3) is 0 Å². The Hall–Kier alpha value is -2.44. The lowest BCUT2D eigenvalue weighted by Crippen LogP contribution is -2.50. The number of aromatic nitrogens is 3. The van der Waals surface area contributed by atoms with E-state index in [1.807, 2.05) is 17.2 Å². The van der Waals surface area contributed by atoms with Gasteiger partial charge in [0.2, 0.25) is 5.91 Å². The highest BCUT2D eigenvalue weighted by atomic mass is 19.1. The number of alkyl halides is 1. The average Bonchev–Trinajstić information content (AvgIpc) is 3.25. The van der Waals surface area contributed by atoms with Gasteiger partial charge in [0.05, 0.1) is 11.4 Å². The van der Waals surface area contributed by atoms with E-state index in [0.717, 1.165) is 42.8 Å². The number of hydrogen-bond acceptors (Lipinski definition) is 4. The zero-order valence-electron chi connectivity index (χ0n) is 13.4. The van der Waals surface area contributed by atoms with Crippen molar-refractivity contribution in [3.8, 4) is 0 Å². The number of amides is 1. The normalized spacial score (nSPS) is 24.0. The molecule has 0 bridgehead atoms. The Morgan fingerprint density at radius 1 is 1.38 bits per heavy atom. The van der Waals surface area contributed by atoms with Crippen molar-refractivity contribution >= 4 is 22.8 Å². The first-order chi connectivity index (χ1) is 11.8. The van der Waals surface area contributed by atoms with E-state index in [1.165, 1.54) is 12.2 Å². The number of rotatable bonds is 3. The first-order valence-electron chi connectivity index (χ1n) is 8.34. The van der Waals surface area contributed by atoms with Crippen molar-refractivity contribution in [2.24, 2.45) is 5.92 Å². The minimum absolute atomic E-state index is 0.104. The topological polar surface area (TPSA) is 65.1 Å². The highest BCUT2D eigenvalue weighted by Gasteiger charge is 2.40. The number of H-pyrrole nitrogens is 1. The Balaban J connectivity index is 1.59. The molecule has 2 fully saturated rings. The number of allylic oxidation sites excluding steroid dienone is 1. The lowest BCUT2D eigenvalue weighted by atomic mass is 9.92. The number of fused-ring (bicyclic) bond motifs is 2. The average molecular weight is 329 g/mol. The van der Waals surface area contributed by atoms with Crippen LogP contribution in [0.3, 0.4) is 0 Å². The molecule has 1 N–H and O–H groups in total. The Bertz CT molecular complexity index is 773. The van der Waals surface area contributed by atoms with Crippen molar-refractivity contribution in [3.63, 3.8) is 0 Å². The van der Waals surface area contributed by atoms with E-state index < -0.39 is 6.67 Å². The maximum Gasteiger partial charge on any atom is 0.246 e. The molecule has 2 aromatic rings. The number of anilines is 1. The molecule has 0 saturated carbocycles. The summed E-state index contributed by atoms with van der Waals surface area (Å²) in [6.07, 6.45) is 8.16. The van der Waals surface area contributed by atoms with Gasteiger partial charge >= 0.3 is 0 Å². The summed E-state index contributed by atoms with van der Waals surface area (Å²) < 4.78 is 12.3. The molecule has 0 spiro atoms. The Labute approximate surface area is 139 Å². The second-order valence-electron chi connectivity index (χ2n) is 6.38. The molecule has 4 heterocycles. The van der Waals surface area contributed by atoms with Crippen molar-refractivity contribution in [1.29, 1.82) is 0 Å². The number of aromatic amines is 1. The number of likely N-dealkylation sites (tertiary alicyclic amines) is 1. The molecule has 4 rings (SSSR count). The summed E-state index contributed by atoms with van der Waals surface area (Å²) in [7, 11) is 0. The lowest BCUT2D eigenvalue weighted by molar-refractivity contribution is -0.127. The van der Waals surface area contributed by atoms with Crippen LogP contribution in [0.25, 0.3) is 11.0 Å². The third-order valence-corrected chi connectivity index (χ3v) is 5.13. The molecule has 2 saturated heterocycles. The Morgan fingerprint density at radius 2 is 2.25 bits per heavy atom. The van der Waals surface area contributed by atoms with E-state index in [1.54, 1.807) is 6.33 Å². The molecular weight excluding hydrogens is 309 g/mol. The molecule has 2 aliphatic rings. The smallest absolute Gasteiger partial charge is 0.246 e. The first-order valence-corrected chi connectivity index (χ1v) is 8.34. The molecule has 126 valence electrons. The predicted octanol–water partition coefficient (Wildman–Crippen LogP) is 1.91. The summed E-state index contributed by atoms with van der Waals surface area (Å²) in [5.74, 6) is 1.40. The van der Waals surface area contributed by atoms with Gasteiger partial charge in [-0.3, -0.25) is 4.79 Å². The van der Waals surface area contributed by atoms with Crippen molar-refractivity contribution in [2.45, 2.75) is 18.9 Å². The van der Waals surface area contributed by atoms with Gasteiger partial charge in [-0.1, -0.05) is 0 Å². The van der Waals surface area contributed by atoms with Crippen molar-refractivity contribution < 1.29 is 9.18 Å². The van der Waals surface area contributed by atoms with Crippen LogP contribution in [0, 0.1) is 5.92 Å². The van der Waals surface area contributed by atoms with Crippen LogP contribution in [0.15, 0.2) is 30.7 Å². The summed E-state index contributed by atoms with van der Waals surface area (Å²) in [4.78, 5) is 28.2. The van der Waals surface area contributed by atoms with Crippen LogP contribution in [0.4, 0.5) is 10.2 Å². The number of carbonyl (C=O) groups is 1. The molecular formula is C17H20FN5O. The number of nitrogens with one attached hydrogen (secondary N) is 1. The fourth-order valence-electron chi connectivity index (χ4n) is 3.94. The molecule has 7 heteroatoms.